The standard InChI is InChI=1S/C26H28N6O2/c1-26(2,3)34-25(33)32-11-8-17(9-12-32)23-14-21-22(7-10-27-24(21)31-23)30-20-6-4-5-18(13-20)19-15-28-29-16-19/h4-8,10,13-16H,9,11-12H2,1-3H3,(H,28,29)(H2,27,30,31). The number of ether oxygens (including phenoxy) is 1. The van der Waals surface area contributed by atoms with Crippen molar-refractivity contribution < 1.29 is 9.53 Å². The van der Waals surface area contributed by atoms with Gasteiger partial charge in [0.25, 0.3) is 0 Å². The number of benzene rings is 1. The number of pyridine rings is 1. The fraction of sp³-hybridized carbons (Fsp3) is 0.269. The molecular formula is C26H28N6O2. The molecule has 0 saturated heterocycles. The summed E-state index contributed by atoms with van der Waals surface area (Å²) in [5.74, 6) is 0. The van der Waals surface area contributed by atoms with E-state index in [0.717, 1.165) is 45.6 Å². The van der Waals surface area contributed by atoms with Crippen LogP contribution in [0.4, 0.5) is 16.2 Å². The molecule has 3 aromatic heterocycles. The summed E-state index contributed by atoms with van der Waals surface area (Å²) >= 11 is 0. The first-order valence-electron chi connectivity index (χ1n) is 11.4. The zero-order valence-electron chi connectivity index (χ0n) is 19.6. The number of aromatic nitrogens is 4. The van der Waals surface area contributed by atoms with Crippen molar-refractivity contribution >= 4 is 34.1 Å². The first-order chi connectivity index (χ1) is 16.4. The monoisotopic (exact) mass is 456 g/mol. The van der Waals surface area contributed by atoms with Crippen LogP contribution in [-0.2, 0) is 4.74 Å². The summed E-state index contributed by atoms with van der Waals surface area (Å²) in [6, 6.07) is 12.3. The minimum absolute atomic E-state index is 0.273. The van der Waals surface area contributed by atoms with Gasteiger partial charge in [-0.15, -0.1) is 0 Å². The summed E-state index contributed by atoms with van der Waals surface area (Å²) in [5, 5.41) is 11.4. The maximum Gasteiger partial charge on any atom is 0.410 e. The predicted molar refractivity (Wildman–Crippen MR) is 134 cm³/mol. The van der Waals surface area contributed by atoms with E-state index in [2.05, 4.69) is 49.8 Å². The first-order valence-corrected chi connectivity index (χ1v) is 11.4. The van der Waals surface area contributed by atoms with E-state index in [1.54, 1.807) is 11.1 Å². The van der Waals surface area contributed by atoms with E-state index in [4.69, 9.17) is 4.74 Å². The molecule has 0 bridgehead atoms. The molecule has 0 radical (unpaired) electrons. The Morgan fingerprint density at radius 1 is 1.18 bits per heavy atom. The van der Waals surface area contributed by atoms with Crippen LogP contribution in [0, 0.1) is 0 Å². The number of hydrogen-bond acceptors (Lipinski definition) is 5. The second kappa shape index (κ2) is 8.70. The van der Waals surface area contributed by atoms with Gasteiger partial charge in [-0.05, 0) is 62.6 Å². The highest BCUT2D eigenvalue weighted by Crippen LogP contribution is 2.31. The third-order valence-electron chi connectivity index (χ3n) is 5.71. The van der Waals surface area contributed by atoms with Crippen LogP contribution in [0.1, 0.15) is 32.9 Å². The summed E-state index contributed by atoms with van der Waals surface area (Å²) in [6.45, 7) is 6.79. The number of hydrogen-bond donors (Lipinski definition) is 3. The van der Waals surface area contributed by atoms with Crippen molar-refractivity contribution in [3.63, 3.8) is 0 Å². The molecule has 0 atom stereocenters. The van der Waals surface area contributed by atoms with Crippen LogP contribution in [0.5, 0.6) is 0 Å². The Labute approximate surface area is 198 Å². The van der Waals surface area contributed by atoms with Crippen LogP contribution in [0.2, 0.25) is 0 Å². The van der Waals surface area contributed by atoms with Gasteiger partial charge in [0.15, 0.2) is 0 Å². The van der Waals surface area contributed by atoms with E-state index in [9.17, 15) is 4.79 Å². The molecule has 174 valence electrons. The minimum atomic E-state index is -0.495. The molecule has 0 spiro atoms. The van der Waals surface area contributed by atoms with Gasteiger partial charge in [-0.3, -0.25) is 5.10 Å². The molecule has 0 saturated carbocycles. The van der Waals surface area contributed by atoms with Crippen molar-refractivity contribution in [3.8, 4) is 11.1 Å². The van der Waals surface area contributed by atoms with Gasteiger partial charge < -0.3 is 19.9 Å². The lowest BCUT2D eigenvalue weighted by molar-refractivity contribution is 0.0270. The zero-order chi connectivity index (χ0) is 23.7. The van der Waals surface area contributed by atoms with Gasteiger partial charge in [-0.2, -0.15) is 5.10 Å². The van der Waals surface area contributed by atoms with E-state index >= 15 is 0 Å². The Morgan fingerprint density at radius 3 is 2.79 bits per heavy atom. The maximum atomic E-state index is 12.4. The number of nitrogens with zero attached hydrogens (tertiary/aromatic N) is 3. The second-order valence-electron chi connectivity index (χ2n) is 9.40. The lowest BCUT2D eigenvalue weighted by atomic mass is 10.0. The topological polar surface area (TPSA) is 98.9 Å². The molecule has 4 aromatic rings. The summed E-state index contributed by atoms with van der Waals surface area (Å²) < 4.78 is 5.50. The predicted octanol–water partition coefficient (Wildman–Crippen LogP) is 5.72. The zero-order valence-corrected chi connectivity index (χ0v) is 19.6. The molecule has 8 nitrogen and oxygen atoms in total. The van der Waals surface area contributed by atoms with Crippen LogP contribution >= 0.6 is 0 Å². The summed E-state index contributed by atoms with van der Waals surface area (Å²) in [4.78, 5) is 22.1. The number of fused-ring (bicyclic) bond motifs is 1. The number of anilines is 2. The fourth-order valence-electron chi connectivity index (χ4n) is 4.06. The Morgan fingerprint density at radius 2 is 2.06 bits per heavy atom. The van der Waals surface area contributed by atoms with Gasteiger partial charge in [-0.25, -0.2) is 9.78 Å². The minimum Gasteiger partial charge on any atom is -0.444 e. The molecule has 0 fully saturated rings. The summed E-state index contributed by atoms with van der Waals surface area (Å²) in [5.41, 5.74) is 6.60. The lowest BCUT2D eigenvalue weighted by Crippen LogP contribution is -2.39. The fourth-order valence-corrected chi connectivity index (χ4v) is 4.06. The number of aromatic amines is 2. The quantitative estimate of drug-likeness (QED) is 0.365. The number of rotatable bonds is 4. The van der Waals surface area contributed by atoms with Crippen LogP contribution < -0.4 is 5.32 Å². The highest BCUT2D eigenvalue weighted by Gasteiger charge is 2.24. The Balaban J connectivity index is 1.36. The van der Waals surface area contributed by atoms with Crippen molar-refractivity contribution in [2.45, 2.75) is 32.8 Å². The maximum absolute atomic E-state index is 12.4. The normalized spacial score (nSPS) is 14.2. The molecule has 0 unspecified atom stereocenters. The van der Waals surface area contributed by atoms with Crippen molar-refractivity contribution in [2.75, 3.05) is 18.4 Å². The lowest BCUT2D eigenvalue weighted by Gasteiger charge is -2.29. The van der Waals surface area contributed by atoms with Crippen LogP contribution in [-0.4, -0.2) is 49.8 Å². The summed E-state index contributed by atoms with van der Waals surface area (Å²) in [6.07, 6.45) is 8.05. The van der Waals surface area contributed by atoms with Gasteiger partial charge in [0.2, 0.25) is 0 Å². The van der Waals surface area contributed by atoms with Gasteiger partial charge in [0, 0.05) is 47.8 Å². The molecule has 1 aromatic carbocycles. The Kier molecular flexibility index (Phi) is 5.57. The van der Waals surface area contributed by atoms with Crippen molar-refractivity contribution in [1.29, 1.82) is 0 Å². The third kappa shape index (κ3) is 4.66. The van der Waals surface area contributed by atoms with Crippen LogP contribution in [0.3, 0.4) is 0 Å². The molecule has 8 heteroatoms. The molecular weight excluding hydrogens is 428 g/mol. The first kappa shape index (κ1) is 21.8. The van der Waals surface area contributed by atoms with Gasteiger partial charge in [0.05, 0.1) is 11.9 Å². The number of carbonyl (C=O) groups is 1. The molecule has 5 rings (SSSR count). The largest absolute Gasteiger partial charge is 0.444 e. The third-order valence-corrected chi connectivity index (χ3v) is 5.71. The van der Waals surface area contributed by atoms with Crippen molar-refractivity contribution in [1.82, 2.24) is 25.1 Å². The average molecular weight is 457 g/mol. The van der Waals surface area contributed by atoms with Gasteiger partial charge >= 0.3 is 6.09 Å². The Bertz CT molecular complexity index is 1350. The second-order valence-corrected chi connectivity index (χ2v) is 9.40. The highest BCUT2D eigenvalue weighted by atomic mass is 16.6. The molecule has 34 heavy (non-hydrogen) atoms. The van der Waals surface area contributed by atoms with E-state index in [0.29, 0.717) is 13.1 Å². The van der Waals surface area contributed by atoms with E-state index in [-0.39, 0.29) is 6.09 Å². The van der Waals surface area contributed by atoms with Crippen LogP contribution in [0.25, 0.3) is 27.7 Å². The van der Waals surface area contributed by atoms with E-state index in [1.165, 1.54) is 5.57 Å². The van der Waals surface area contributed by atoms with Gasteiger partial charge in [0.1, 0.15) is 11.2 Å². The van der Waals surface area contributed by atoms with Gasteiger partial charge in [-0.1, -0.05) is 18.2 Å². The molecule has 4 heterocycles. The number of amides is 1. The number of nitrogens with one attached hydrogen (secondary N) is 3. The summed E-state index contributed by atoms with van der Waals surface area (Å²) in [7, 11) is 0. The molecule has 1 aliphatic heterocycles. The Hall–Kier alpha value is -4.07. The van der Waals surface area contributed by atoms with Crippen molar-refractivity contribution in [2.24, 2.45) is 0 Å². The number of carbonyl (C=O) groups excluding carboxylic acids is 1. The smallest absolute Gasteiger partial charge is 0.410 e. The van der Waals surface area contributed by atoms with Crippen molar-refractivity contribution in [3.05, 3.63) is 66.8 Å². The molecule has 1 aliphatic rings. The van der Waals surface area contributed by atoms with E-state index in [1.807, 2.05) is 51.4 Å². The number of H-pyrrole nitrogens is 2. The van der Waals surface area contributed by atoms with Crippen LogP contribution in [0.15, 0.2) is 61.1 Å². The average Bonchev–Trinajstić information content (AvgIpc) is 3.49. The SMILES string of the molecule is CC(C)(C)OC(=O)N1CC=C(c2cc3c(Nc4cccc(-c5cn[nH]c5)c4)ccnc3[nH]2)CC1. The molecule has 3 N–H and O–H groups in total. The molecule has 1 amide bonds. The molecule has 0 aliphatic carbocycles. The highest BCUT2D eigenvalue weighted by molar-refractivity contribution is 5.94. The van der Waals surface area contributed by atoms with E-state index < -0.39 is 5.60 Å².